The quantitative estimate of drug-likeness (QED) is 0.222. The number of amides is 1. The van der Waals surface area contributed by atoms with Crippen molar-refractivity contribution in [1.29, 1.82) is 0 Å². The number of nitrogens with one attached hydrogen (secondary N) is 3. The summed E-state index contributed by atoms with van der Waals surface area (Å²) in [6.45, 7) is 8.01. The van der Waals surface area contributed by atoms with E-state index in [4.69, 9.17) is 9.72 Å². The number of imidazole rings is 1. The Hall–Kier alpha value is -3.26. The molecular formula is C33H45N5O3. The molecule has 2 fully saturated rings. The average molecular weight is 560 g/mol. The van der Waals surface area contributed by atoms with Gasteiger partial charge in [-0.05, 0) is 76.1 Å². The number of hydrogen-bond acceptors (Lipinski definition) is 6. The molecule has 2 atom stereocenters. The minimum atomic E-state index is -0.608. The third-order valence-corrected chi connectivity index (χ3v) is 9.49. The Kier molecular flexibility index (Phi) is 8.78. The number of carbonyl (C=O) groups excluding carboxylic acids is 2. The highest BCUT2D eigenvalue weighted by Gasteiger charge is 2.58. The van der Waals surface area contributed by atoms with Gasteiger partial charge in [0.05, 0.1) is 30.1 Å². The van der Waals surface area contributed by atoms with Crippen LogP contribution in [0.3, 0.4) is 0 Å². The molecule has 1 unspecified atom stereocenters. The lowest BCUT2D eigenvalue weighted by molar-refractivity contribution is -0.125. The highest BCUT2D eigenvalue weighted by Crippen LogP contribution is 2.59. The van der Waals surface area contributed by atoms with Gasteiger partial charge in [-0.15, -0.1) is 0 Å². The van der Waals surface area contributed by atoms with Crippen LogP contribution in [0.1, 0.15) is 89.6 Å². The number of aryl methyl sites for hydroxylation is 1. The van der Waals surface area contributed by atoms with Crippen molar-refractivity contribution in [1.82, 2.24) is 25.6 Å². The molecule has 8 nitrogen and oxygen atoms in total. The van der Waals surface area contributed by atoms with Crippen LogP contribution in [0, 0.1) is 18.3 Å². The van der Waals surface area contributed by atoms with E-state index < -0.39 is 5.54 Å². The first-order valence-electron chi connectivity index (χ1n) is 15.4. The predicted octanol–water partition coefficient (Wildman–Crippen LogP) is 5.98. The molecule has 1 saturated carbocycles. The van der Waals surface area contributed by atoms with Crippen molar-refractivity contribution in [3.8, 4) is 17.0 Å². The number of hydrogen-bond donors (Lipinski definition) is 3. The van der Waals surface area contributed by atoms with Crippen molar-refractivity contribution < 1.29 is 14.3 Å². The number of piperidine rings is 1. The van der Waals surface area contributed by atoms with E-state index >= 15 is 0 Å². The molecule has 220 valence electrons. The second-order valence-electron chi connectivity index (χ2n) is 12.1. The summed E-state index contributed by atoms with van der Waals surface area (Å²) in [5, 5.41) is 7.97. The van der Waals surface area contributed by atoms with E-state index in [-0.39, 0.29) is 17.2 Å². The van der Waals surface area contributed by atoms with Crippen molar-refractivity contribution in [2.45, 2.75) is 90.5 Å². The van der Waals surface area contributed by atoms with Crippen molar-refractivity contribution in [2.75, 3.05) is 20.2 Å². The standard InChI is InChI=1S/C33H45N5O3/c1-5-24(39)10-8-7-9-13-33(6-2,38-30(40)26-20-32(26)14-16-34-17-15-32)31-35-21-28(37-31)25-18-23-12-11-22(3)36-27(23)19-29(25)41-4/h11-12,18-19,21,26,34H,5-10,13-17,20H2,1-4H3,(H,35,37)(H,38,40)/t26-,33?/m1/s1. The topological polar surface area (TPSA) is 109 Å². The molecule has 1 amide bonds. The van der Waals surface area contributed by atoms with Gasteiger partial charge in [-0.25, -0.2) is 4.98 Å². The number of aromatic nitrogens is 3. The molecular weight excluding hydrogens is 514 g/mol. The fraction of sp³-hybridized carbons (Fsp3) is 0.576. The lowest BCUT2D eigenvalue weighted by atomic mass is 9.86. The van der Waals surface area contributed by atoms with Crippen LogP contribution in [0.25, 0.3) is 22.2 Å². The third-order valence-electron chi connectivity index (χ3n) is 9.49. The van der Waals surface area contributed by atoms with Crippen molar-refractivity contribution >= 4 is 22.6 Å². The Morgan fingerprint density at radius 2 is 1.95 bits per heavy atom. The van der Waals surface area contributed by atoms with Crippen LogP contribution in [-0.4, -0.2) is 46.8 Å². The number of Topliss-reactive ketones (excluding diaryl/α,β-unsaturated/α-hetero) is 1. The molecule has 2 aliphatic rings. The van der Waals surface area contributed by atoms with E-state index in [1.54, 1.807) is 7.11 Å². The monoisotopic (exact) mass is 559 g/mol. The number of aromatic amines is 1. The molecule has 41 heavy (non-hydrogen) atoms. The molecule has 0 radical (unpaired) electrons. The smallest absolute Gasteiger partial charge is 0.224 e. The number of unbranched alkanes of at least 4 members (excludes halogenated alkanes) is 2. The first-order chi connectivity index (χ1) is 19.8. The molecule has 1 aliphatic heterocycles. The number of fused-ring (bicyclic) bond motifs is 1. The SMILES string of the molecule is CCC(=O)CCCCCC(CC)(NC(=O)[C@H]1CC12CCNCC2)c1ncc(-c2cc3ccc(C)nc3cc2OC)[nH]1. The number of carbonyl (C=O) groups is 2. The molecule has 3 N–H and O–H groups in total. The zero-order valence-corrected chi connectivity index (χ0v) is 25.1. The van der Waals surface area contributed by atoms with Crippen molar-refractivity contribution in [2.24, 2.45) is 11.3 Å². The number of rotatable bonds is 13. The zero-order chi connectivity index (χ0) is 29.0. The van der Waals surface area contributed by atoms with Gasteiger partial charge in [0.2, 0.25) is 5.91 Å². The largest absolute Gasteiger partial charge is 0.496 e. The van der Waals surface area contributed by atoms with Gasteiger partial charge >= 0.3 is 0 Å². The van der Waals surface area contributed by atoms with E-state index in [1.807, 2.05) is 32.2 Å². The Balaban J connectivity index is 1.41. The summed E-state index contributed by atoms with van der Waals surface area (Å²) < 4.78 is 5.77. The van der Waals surface area contributed by atoms with E-state index in [1.165, 1.54) is 0 Å². The van der Waals surface area contributed by atoms with Crippen LogP contribution in [0.4, 0.5) is 0 Å². The zero-order valence-electron chi connectivity index (χ0n) is 25.1. The summed E-state index contributed by atoms with van der Waals surface area (Å²) in [7, 11) is 1.67. The summed E-state index contributed by atoms with van der Waals surface area (Å²) in [4.78, 5) is 38.7. The molecule has 0 bridgehead atoms. The molecule has 1 aromatic carbocycles. The molecule has 1 aliphatic carbocycles. The molecule has 5 rings (SSSR count). The normalized spacial score (nSPS) is 19.2. The maximum atomic E-state index is 13.7. The lowest BCUT2D eigenvalue weighted by Crippen LogP contribution is -2.48. The van der Waals surface area contributed by atoms with Crippen LogP contribution in [0.5, 0.6) is 5.75 Å². The van der Waals surface area contributed by atoms with Gasteiger partial charge in [-0.3, -0.25) is 14.6 Å². The van der Waals surface area contributed by atoms with Gasteiger partial charge in [-0.2, -0.15) is 0 Å². The number of benzene rings is 1. The summed E-state index contributed by atoms with van der Waals surface area (Å²) in [5.41, 5.74) is 3.16. The summed E-state index contributed by atoms with van der Waals surface area (Å²) >= 11 is 0. The second kappa shape index (κ2) is 12.3. The molecule has 2 aromatic heterocycles. The fourth-order valence-electron chi connectivity index (χ4n) is 6.63. The number of ketones is 1. The summed E-state index contributed by atoms with van der Waals surface area (Å²) in [6, 6.07) is 8.13. The van der Waals surface area contributed by atoms with Gasteiger partial charge in [-0.1, -0.05) is 32.8 Å². The van der Waals surface area contributed by atoms with Crippen LogP contribution in [0.2, 0.25) is 0 Å². The van der Waals surface area contributed by atoms with E-state index in [0.29, 0.717) is 18.6 Å². The van der Waals surface area contributed by atoms with E-state index in [0.717, 1.165) is 104 Å². The minimum absolute atomic E-state index is 0.0728. The molecule has 8 heteroatoms. The van der Waals surface area contributed by atoms with Crippen LogP contribution < -0.4 is 15.4 Å². The van der Waals surface area contributed by atoms with Crippen LogP contribution in [-0.2, 0) is 15.1 Å². The average Bonchev–Trinajstić information content (AvgIpc) is 3.44. The number of nitrogens with zero attached hydrogens (tertiary/aromatic N) is 2. The third kappa shape index (κ3) is 6.17. The minimum Gasteiger partial charge on any atom is -0.496 e. The van der Waals surface area contributed by atoms with Crippen LogP contribution in [0.15, 0.2) is 30.5 Å². The lowest BCUT2D eigenvalue weighted by Gasteiger charge is -2.33. The predicted molar refractivity (Wildman–Crippen MR) is 162 cm³/mol. The van der Waals surface area contributed by atoms with Gasteiger partial charge in [0, 0.05) is 41.5 Å². The van der Waals surface area contributed by atoms with Crippen molar-refractivity contribution in [3.63, 3.8) is 0 Å². The Morgan fingerprint density at radius 1 is 1.15 bits per heavy atom. The number of ether oxygens (including phenoxy) is 1. The Bertz CT molecular complexity index is 1390. The number of pyridine rings is 1. The number of methoxy groups -OCH3 is 1. The maximum absolute atomic E-state index is 13.7. The molecule has 3 heterocycles. The van der Waals surface area contributed by atoms with E-state index in [2.05, 4.69) is 39.7 Å². The second-order valence-corrected chi connectivity index (χ2v) is 12.1. The first kappa shape index (κ1) is 29.2. The highest BCUT2D eigenvalue weighted by atomic mass is 16.5. The van der Waals surface area contributed by atoms with Gasteiger partial charge in [0.1, 0.15) is 17.4 Å². The van der Waals surface area contributed by atoms with E-state index in [9.17, 15) is 9.59 Å². The van der Waals surface area contributed by atoms with Gasteiger partial charge < -0.3 is 20.4 Å². The Labute approximate surface area is 243 Å². The number of H-pyrrole nitrogens is 1. The summed E-state index contributed by atoms with van der Waals surface area (Å²) in [5.74, 6) is 2.04. The fourth-order valence-corrected chi connectivity index (χ4v) is 6.63. The molecule has 1 saturated heterocycles. The van der Waals surface area contributed by atoms with Crippen LogP contribution >= 0.6 is 0 Å². The molecule has 3 aromatic rings. The Morgan fingerprint density at radius 3 is 2.68 bits per heavy atom. The maximum Gasteiger partial charge on any atom is 0.224 e. The summed E-state index contributed by atoms with van der Waals surface area (Å²) in [6.07, 6.45) is 10.4. The van der Waals surface area contributed by atoms with Gasteiger partial charge in [0.15, 0.2) is 0 Å². The first-order valence-corrected chi connectivity index (χ1v) is 15.4. The molecule has 1 spiro atoms. The van der Waals surface area contributed by atoms with Crippen molar-refractivity contribution in [3.05, 3.63) is 42.0 Å². The van der Waals surface area contributed by atoms with Gasteiger partial charge in [0.25, 0.3) is 0 Å². The highest BCUT2D eigenvalue weighted by molar-refractivity contribution is 5.88.